The predicted molar refractivity (Wildman–Crippen MR) is 152 cm³/mol. The Labute approximate surface area is 235 Å². The third-order valence-electron chi connectivity index (χ3n) is 8.67. The molecule has 2 aromatic carbocycles. The second-order valence-corrected chi connectivity index (χ2v) is 11.6. The van der Waals surface area contributed by atoms with Crippen LogP contribution in [0.4, 0.5) is 5.69 Å². The topological polar surface area (TPSA) is 94.6 Å². The maximum atomic E-state index is 13.2. The van der Waals surface area contributed by atoms with Crippen molar-refractivity contribution in [2.24, 2.45) is 22.9 Å². The molecule has 0 aromatic heterocycles. The largest absolute Gasteiger partial charge is 0.381 e. The standard InChI is InChI=1S/C31H37N5O4/c1-21-15-29(37)36(33-21)27-9-7-23(8-10-27)31(39)35-18-25-16-34(17-26(25)19-35)13-11-28(22-5-3-2-4-6-22)32-30(38)24-12-14-40-20-24/h2-10,24-26,28H,11-20H2,1H3,(H,32,38)/t24?,25?,26?,28-/m0/s1. The summed E-state index contributed by atoms with van der Waals surface area (Å²) in [6.07, 6.45) is 1.97. The SMILES string of the molecule is CC1=NN(c2ccc(C(=O)N3CC4CN(CC[C@H](NC(=O)C5CCOC5)c5ccccc5)CC4C3)cc2)C(=O)C1. The lowest BCUT2D eigenvalue weighted by molar-refractivity contribution is -0.125. The molecule has 9 nitrogen and oxygen atoms in total. The molecule has 3 unspecified atom stereocenters. The minimum absolute atomic E-state index is 0.0266. The Morgan fingerprint density at radius 2 is 1.75 bits per heavy atom. The van der Waals surface area contributed by atoms with Gasteiger partial charge in [0, 0.05) is 50.6 Å². The van der Waals surface area contributed by atoms with Crippen molar-refractivity contribution in [3.05, 3.63) is 65.7 Å². The van der Waals surface area contributed by atoms with Crippen LogP contribution in [0.5, 0.6) is 0 Å². The summed E-state index contributed by atoms with van der Waals surface area (Å²) in [6, 6.07) is 17.4. The number of carbonyl (C=O) groups excluding carboxylic acids is 3. The highest BCUT2D eigenvalue weighted by molar-refractivity contribution is 6.12. The normalized spacial score (nSPS) is 25.3. The molecule has 0 spiro atoms. The zero-order chi connectivity index (χ0) is 27.6. The van der Waals surface area contributed by atoms with E-state index in [1.54, 1.807) is 24.3 Å². The molecule has 6 rings (SSSR count). The Balaban J connectivity index is 1.02. The molecule has 4 aliphatic heterocycles. The highest BCUT2D eigenvalue weighted by Gasteiger charge is 2.41. The molecule has 1 N–H and O–H groups in total. The smallest absolute Gasteiger partial charge is 0.253 e. The number of carbonyl (C=O) groups is 3. The fourth-order valence-electron chi connectivity index (χ4n) is 6.47. The number of nitrogens with one attached hydrogen (secondary N) is 1. The number of anilines is 1. The summed E-state index contributed by atoms with van der Waals surface area (Å²) in [5.74, 6) is 0.947. The van der Waals surface area contributed by atoms with Gasteiger partial charge in [0.25, 0.3) is 11.8 Å². The second-order valence-electron chi connectivity index (χ2n) is 11.6. The van der Waals surface area contributed by atoms with Crippen LogP contribution in [-0.2, 0) is 14.3 Å². The summed E-state index contributed by atoms with van der Waals surface area (Å²) in [5.41, 5.74) is 3.26. The van der Waals surface area contributed by atoms with E-state index in [1.807, 2.05) is 30.0 Å². The Kier molecular flexibility index (Phi) is 7.67. The molecule has 4 atom stereocenters. The molecular formula is C31H37N5O4. The van der Waals surface area contributed by atoms with Gasteiger partial charge < -0.3 is 19.9 Å². The quantitative estimate of drug-likeness (QED) is 0.552. The van der Waals surface area contributed by atoms with E-state index in [4.69, 9.17) is 4.74 Å². The first-order valence-electron chi connectivity index (χ1n) is 14.4. The molecule has 2 aromatic rings. The van der Waals surface area contributed by atoms with Gasteiger partial charge >= 0.3 is 0 Å². The molecule has 0 radical (unpaired) electrons. The van der Waals surface area contributed by atoms with Crippen molar-refractivity contribution in [1.82, 2.24) is 15.1 Å². The van der Waals surface area contributed by atoms with E-state index >= 15 is 0 Å². The van der Waals surface area contributed by atoms with Crippen LogP contribution in [0.1, 0.15) is 48.1 Å². The van der Waals surface area contributed by atoms with Gasteiger partial charge in [0.2, 0.25) is 5.91 Å². The predicted octanol–water partition coefficient (Wildman–Crippen LogP) is 3.09. The van der Waals surface area contributed by atoms with Gasteiger partial charge in [-0.2, -0.15) is 5.10 Å². The second kappa shape index (κ2) is 11.5. The molecule has 40 heavy (non-hydrogen) atoms. The van der Waals surface area contributed by atoms with E-state index in [1.165, 1.54) is 5.01 Å². The van der Waals surface area contributed by atoms with Crippen molar-refractivity contribution in [2.45, 2.75) is 32.2 Å². The van der Waals surface area contributed by atoms with E-state index in [2.05, 4.69) is 27.5 Å². The number of amides is 3. The van der Waals surface area contributed by atoms with Gasteiger partial charge in [-0.15, -0.1) is 0 Å². The highest BCUT2D eigenvalue weighted by Crippen LogP contribution is 2.33. The Morgan fingerprint density at radius 1 is 1.02 bits per heavy atom. The number of fused-ring (bicyclic) bond motifs is 1. The molecule has 0 saturated carbocycles. The average Bonchev–Trinajstić information content (AvgIpc) is 3.76. The molecule has 4 heterocycles. The zero-order valence-electron chi connectivity index (χ0n) is 23.0. The van der Waals surface area contributed by atoms with Crippen LogP contribution in [-0.4, -0.2) is 79.2 Å². The maximum absolute atomic E-state index is 13.2. The van der Waals surface area contributed by atoms with Crippen LogP contribution in [0.2, 0.25) is 0 Å². The number of ether oxygens (including phenoxy) is 1. The minimum atomic E-state index is -0.0579. The number of benzene rings is 2. The van der Waals surface area contributed by atoms with Crippen LogP contribution in [0.15, 0.2) is 59.7 Å². The molecule has 0 aliphatic carbocycles. The van der Waals surface area contributed by atoms with Crippen molar-refractivity contribution in [3.63, 3.8) is 0 Å². The third kappa shape index (κ3) is 5.67. The lowest BCUT2D eigenvalue weighted by atomic mass is 10.0. The summed E-state index contributed by atoms with van der Waals surface area (Å²) in [7, 11) is 0. The number of hydrogen-bond donors (Lipinski definition) is 1. The zero-order valence-corrected chi connectivity index (χ0v) is 23.0. The van der Waals surface area contributed by atoms with Crippen LogP contribution in [0.25, 0.3) is 0 Å². The van der Waals surface area contributed by atoms with Gasteiger partial charge in [-0.1, -0.05) is 30.3 Å². The maximum Gasteiger partial charge on any atom is 0.253 e. The number of likely N-dealkylation sites (tertiary alicyclic amines) is 2. The number of rotatable bonds is 8. The average molecular weight is 544 g/mol. The first-order chi connectivity index (χ1) is 19.4. The first kappa shape index (κ1) is 26.7. The van der Waals surface area contributed by atoms with E-state index in [-0.39, 0.29) is 29.7 Å². The molecule has 0 bridgehead atoms. The van der Waals surface area contributed by atoms with Crippen molar-refractivity contribution in [2.75, 3.05) is 50.9 Å². The Hall–Kier alpha value is -3.56. The fourth-order valence-corrected chi connectivity index (χ4v) is 6.47. The van der Waals surface area contributed by atoms with Gasteiger partial charge in [0.1, 0.15) is 0 Å². The van der Waals surface area contributed by atoms with Crippen LogP contribution < -0.4 is 10.3 Å². The molecule has 3 saturated heterocycles. The molecule has 3 amide bonds. The van der Waals surface area contributed by atoms with Gasteiger partial charge in [-0.05, 0) is 61.4 Å². The van der Waals surface area contributed by atoms with Crippen molar-refractivity contribution in [1.29, 1.82) is 0 Å². The fraction of sp³-hybridized carbons (Fsp3) is 0.484. The molecule has 210 valence electrons. The van der Waals surface area contributed by atoms with Crippen LogP contribution >= 0.6 is 0 Å². The number of hydrazone groups is 1. The third-order valence-corrected chi connectivity index (χ3v) is 8.67. The Bertz CT molecular complexity index is 1260. The number of hydrogen-bond acceptors (Lipinski definition) is 6. The van der Waals surface area contributed by atoms with Crippen molar-refractivity contribution >= 4 is 29.1 Å². The van der Waals surface area contributed by atoms with Gasteiger partial charge in [0.05, 0.1) is 30.7 Å². The molecule has 4 aliphatic rings. The first-order valence-corrected chi connectivity index (χ1v) is 14.4. The van der Waals surface area contributed by atoms with Crippen molar-refractivity contribution < 1.29 is 19.1 Å². The summed E-state index contributed by atoms with van der Waals surface area (Å²) < 4.78 is 5.42. The van der Waals surface area contributed by atoms with Gasteiger partial charge in [0.15, 0.2) is 0 Å². The summed E-state index contributed by atoms with van der Waals surface area (Å²) in [6.45, 7) is 7.36. The van der Waals surface area contributed by atoms with Gasteiger partial charge in [-0.3, -0.25) is 14.4 Å². The minimum Gasteiger partial charge on any atom is -0.381 e. The summed E-state index contributed by atoms with van der Waals surface area (Å²) >= 11 is 0. The number of nitrogens with zero attached hydrogens (tertiary/aromatic N) is 4. The van der Waals surface area contributed by atoms with Gasteiger partial charge in [-0.25, -0.2) is 5.01 Å². The molecule has 3 fully saturated rings. The lowest BCUT2D eigenvalue weighted by Crippen LogP contribution is -2.37. The van der Waals surface area contributed by atoms with Crippen molar-refractivity contribution in [3.8, 4) is 0 Å². The lowest BCUT2D eigenvalue weighted by Gasteiger charge is -2.25. The summed E-state index contributed by atoms with van der Waals surface area (Å²) in [5, 5.41) is 8.99. The molecule has 9 heteroatoms. The van der Waals surface area contributed by atoms with E-state index in [9.17, 15) is 14.4 Å². The van der Waals surface area contributed by atoms with Crippen LogP contribution in [0.3, 0.4) is 0 Å². The highest BCUT2D eigenvalue weighted by atomic mass is 16.5. The Morgan fingerprint density at radius 3 is 2.38 bits per heavy atom. The van der Waals surface area contributed by atoms with E-state index in [0.29, 0.717) is 42.7 Å². The molecular weight excluding hydrogens is 506 g/mol. The van der Waals surface area contributed by atoms with E-state index < -0.39 is 0 Å². The monoisotopic (exact) mass is 543 g/mol. The summed E-state index contributed by atoms with van der Waals surface area (Å²) in [4.78, 5) is 42.7. The van der Waals surface area contributed by atoms with Crippen LogP contribution in [0, 0.1) is 17.8 Å². The van der Waals surface area contributed by atoms with E-state index in [0.717, 1.165) is 56.8 Å².